The lowest BCUT2D eigenvalue weighted by Gasteiger charge is -2.49. The lowest BCUT2D eigenvalue weighted by molar-refractivity contribution is -0.318. The van der Waals surface area contributed by atoms with E-state index in [1.54, 1.807) is 116 Å². The van der Waals surface area contributed by atoms with E-state index < -0.39 is 227 Å². The first kappa shape index (κ1) is 91.8. The summed E-state index contributed by atoms with van der Waals surface area (Å²) >= 11 is 0. The Morgan fingerprint density at radius 1 is 0.509 bits per heavy atom. The monoisotopic (exact) mass is 1520 g/mol. The predicted molar refractivity (Wildman–Crippen MR) is 389 cm³/mol. The standard InChI is InChI=1S/C77H137N3O26/c1-26-52-76(19,92)62(84)42(7)56(38(3)34-72(15,90)66(105-70-58(82)50(79(21)22)32-40(5)97-70)44(9)60(46(11)68(88)101-52)103-54-36-74(17,94-24)64(86)48(13)99-54)78-96-31-29-28-30-80(23)51-33-41(6)98-71(59(51)83)106-67-45(10)61(104-55-37-75(18,95-25)65(87)49(14)100-55)47(12)69(89)102-53(27-2)77(20,93)63(85)43(8)57(81)39(4)35-73(67,16)91/h28-29,38-55,58-67,70-71,82-87,90-93H,26-27,30-37H2,1-25H3/b29-28+,78-56+/t38-,39-,40-,41-,42-,43-,44+,45+,46-,47-,48+,49+,50+,51+,52+,53+,54?,55?,58-,59-,60+,61-,62-,63-,64+,65+,66-,67-,70?,71?,72-,73-,74-,75-,76-,77-/m1/s1. The molecule has 0 aromatic carbocycles. The maximum atomic E-state index is 14.8. The number of oxime groups is 1. The van der Waals surface area contributed by atoms with Crippen LogP contribution in [0.15, 0.2) is 17.3 Å². The Balaban J connectivity index is 1.31. The van der Waals surface area contributed by atoms with Crippen LogP contribution in [0, 0.1) is 47.3 Å². The van der Waals surface area contributed by atoms with Crippen LogP contribution in [0.4, 0.5) is 0 Å². The summed E-state index contributed by atoms with van der Waals surface area (Å²) in [6, 6.07) is -1.05. The van der Waals surface area contributed by atoms with Crippen molar-refractivity contribution in [2.45, 2.75) is 358 Å². The lowest BCUT2D eigenvalue weighted by atomic mass is 9.73. The normalized spacial score (nSPS) is 48.9. The third-order valence-electron chi connectivity index (χ3n) is 24.5. The van der Waals surface area contributed by atoms with E-state index >= 15 is 0 Å². The highest BCUT2D eigenvalue weighted by Crippen LogP contribution is 2.45. The van der Waals surface area contributed by atoms with E-state index in [0.717, 1.165) is 0 Å². The van der Waals surface area contributed by atoms with Gasteiger partial charge in [-0.1, -0.05) is 66.6 Å². The molecule has 106 heavy (non-hydrogen) atoms. The largest absolute Gasteiger partial charge is 0.459 e. The molecule has 0 aromatic heterocycles. The zero-order valence-corrected chi connectivity index (χ0v) is 67.9. The van der Waals surface area contributed by atoms with Crippen LogP contribution < -0.4 is 0 Å². The van der Waals surface area contributed by atoms with Crippen LogP contribution in [-0.2, 0) is 76.1 Å². The van der Waals surface area contributed by atoms with E-state index in [2.05, 4.69) is 5.16 Å². The fourth-order valence-corrected chi connectivity index (χ4v) is 17.5. The number of nitrogens with zero attached hydrogens (tertiary/aromatic N) is 3. The number of Topliss-reactive ketones (excluding diaryl/α,β-unsaturated/α-hetero) is 1. The second-order valence-electron chi connectivity index (χ2n) is 33.8. The lowest BCUT2D eigenvalue weighted by Crippen LogP contribution is -2.61. The van der Waals surface area contributed by atoms with Gasteiger partial charge in [0.2, 0.25) is 0 Å². The number of aliphatic hydroxyl groups excluding tert-OH is 6. The summed E-state index contributed by atoms with van der Waals surface area (Å²) in [5.74, 6) is -10.3. The topological polar surface area (TPSA) is 392 Å². The summed E-state index contributed by atoms with van der Waals surface area (Å²) in [5, 5.41) is 126. The molecule has 29 nitrogen and oxygen atoms in total. The number of hydrogen-bond donors (Lipinski definition) is 10. The first-order valence-electron chi connectivity index (χ1n) is 38.5. The number of hydrogen-bond acceptors (Lipinski definition) is 29. The van der Waals surface area contributed by atoms with Gasteiger partial charge in [-0.05, 0) is 149 Å². The van der Waals surface area contributed by atoms with Gasteiger partial charge in [-0.3, -0.25) is 19.3 Å². The maximum absolute atomic E-state index is 14.8. The minimum Gasteiger partial charge on any atom is -0.459 e. The summed E-state index contributed by atoms with van der Waals surface area (Å²) in [5.41, 5.74) is -10.1. The van der Waals surface area contributed by atoms with E-state index in [1.807, 2.05) is 37.7 Å². The van der Waals surface area contributed by atoms with E-state index in [1.165, 1.54) is 41.9 Å². The second kappa shape index (κ2) is 37.3. The fourth-order valence-electron chi connectivity index (χ4n) is 17.5. The molecule has 10 N–H and O–H groups in total. The third kappa shape index (κ3) is 20.8. The number of carbonyl (C=O) groups is 3. The first-order chi connectivity index (χ1) is 49.0. The molecule has 6 rings (SSSR count). The summed E-state index contributed by atoms with van der Waals surface area (Å²) in [4.78, 5) is 53.5. The van der Waals surface area contributed by atoms with E-state index in [4.69, 9.17) is 61.7 Å². The summed E-state index contributed by atoms with van der Waals surface area (Å²) < 4.78 is 76.5. The number of ether oxygens (including phenoxy) is 12. The van der Waals surface area contributed by atoms with Gasteiger partial charge >= 0.3 is 11.9 Å². The number of cyclic esters (lactones) is 2. The highest BCUT2D eigenvalue weighted by atomic mass is 16.7. The SMILES string of the molecule is CC[C@@H]1OC(=O)[C@H](C)[C@H](OC2C[C@@](C)(OC)[C@@H](O)[C@H](C)O2)[C@H](C)[C@@H](OC2O[C@H](C)C[C@H](N(C)C/C=C/CO/N=C3\[C@H](C)C[C@@](C)(O)[C@H](OC4O[C@H](C)C[C@H](N(C)C)[C@H]4O)[C@@H](C)[C@H](OC4C[C@@](C)(OC)[C@@H](O)[C@H](C)O4)[C@@H](C)C(=O)O[C@@H](CC)[C@@](C)(O)[C@H](O)[C@@H]3C)[C@H]2O)[C@](C)(O)C[C@@H](C)C(=O)[C@@H](C)[C@@H](O)[C@]1(C)O. The molecule has 6 fully saturated rings. The fraction of sp³-hybridized carbons (Fsp3) is 0.922. The number of methoxy groups -OCH3 is 2. The number of likely N-dealkylation sites (N-methyl/N-ethyl adjacent to an activating group) is 2. The van der Waals surface area contributed by atoms with Crippen molar-refractivity contribution < 1.29 is 127 Å². The number of carbonyl (C=O) groups excluding carboxylic acids is 3. The Labute approximate surface area is 629 Å². The summed E-state index contributed by atoms with van der Waals surface area (Å²) in [6.45, 7) is 32.8. The third-order valence-corrected chi connectivity index (χ3v) is 24.5. The molecule has 6 saturated heterocycles. The molecular weight excluding hydrogens is 1380 g/mol. The molecule has 0 spiro atoms. The van der Waals surface area contributed by atoms with Gasteiger partial charge in [0.25, 0.3) is 0 Å². The molecule has 29 heteroatoms. The highest BCUT2D eigenvalue weighted by molar-refractivity contribution is 5.89. The van der Waals surface area contributed by atoms with Crippen LogP contribution in [-0.4, -0.2) is 301 Å². The molecule has 6 aliphatic rings. The van der Waals surface area contributed by atoms with Crippen molar-refractivity contribution in [1.82, 2.24) is 9.80 Å². The quantitative estimate of drug-likeness (QED) is 0.0373. The summed E-state index contributed by atoms with van der Waals surface area (Å²) in [7, 11) is 8.40. The molecule has 0 aliphatic carbocycles. The van der Waals surface area contributed by atoms with Gasteiger partial charge in [0.05, 0.1) is 101 Å². The van der Waals surface area contributed by atoms with E-state index in [9.17, 15) is 65.4 Å². The average Bonchev–Trinajstić information content (AvgIpc) is 0.776. The molecule has 6 aliphatic heterocycles. The van der Waals surface area contributed by atoms with Crippen molar-refractivity contribution in [1.29, 1.82) is 0 Å². The molecule has 0 aromatic rings. The van der Waals surface area contributed by atoms with Gasteiger partial charge in [0, 0.05) is 81.2 Å². The zero-order valence-electron chi connectivity index (χ0n) is 67.9. The molecular formula is C77H137N3O26. The molecule has 6 heterocycles. The predicted octanol–water partition coefficient (Wildman–Crippen LogP) is 4.31. The van der Waals surface area contributed by atoms with Crippen LogP contribution in [0.5, 0.6) is 0 Å². The average molecular weight is 1520 g/mol. The van der Waals surface area contributed by atoms with Crippen molar-refractivity contribution in [2.75, 3.05) is 48.5 Å². The Bertz CT molecular complexity index is 2870. The maximum Gasteiger partial charge on any atom is 0.311 e. The van der Waals surface area contributed by atoms with Crippen molar-refractivity contribution in [3.8, 4) is 0 Å². The number of ketones is 1. The number of rotatable bonds is 19. The number of esters is 2. The van der Waals surface area contributed by atoms with E-state index in [0.29, 0.717) is 12.8 Å². The molecule has 0 bridgehead atoms. The van der Waals surface area contributed by atoms with Crippen LogP contribution in [0.25, 0.3) is 0 Å². The second-order valence-corrected chi connectivity index (χ2v) is 33.8. The smallest absolute Gasteiger partial charge is 0.311 e. The molecule has 4 unspecified atom stereocenters. The number of aliphatic hydroxyl groups is 10. The Morgan fingerprint density at radius 2 is 0.906 bits per heavy atom. The zero-order chi connectivity index (χ0) is 80.2. The van der Waals surface area contributed by atoms with Crippen LogP contribution >= 0.6 is 0 Å². The van der Waals surface area contributed by atoms with Crippen molar-refractivity contribution >= 4 is 23.4 Å². The van der Waals surface area contributed by atoms with Crippen LogP contribution in [0.3, 0.4) is 0 Å². The molecule has 0 amide bonds. The van der Waals surface area contributed by atoms with Crippen molar-refractivity contribution in [3.63, 3.8) is 0 Å². The van der Waals surface area contributed by atoms with Crippen LogP contribution in [0.2, 0.25) is 0 Å². The molecule has 36 atom stereocenters. The Morgan fingerprint density at radius 3 is 1.31 bits per heavy atom. The van der Waals surface area contributed by atoms with Gasteiger partial charge < -0.3 is 118 Å². The Hall–Kier alpha value is -3.06. The minimum absolute atomic E-state index is 0.00400. The highest BCUT2D eigenvalue weighted by Gasteiger charge is 2.57. The van der Waals surface area contributed by atoms with Gasteiger partial charge in [-0.25, -0.2) is 0 Å². The van der Waals surface area contributed by atoms with Crippen LogP contribution in [0.1, 0.15) is 190 Å². The summed E-state index contributed by atoms with van der Waals surface area (Å²) in [6.07, 6.45) is -19.0. The van der Waals surface area contributed by atoms with Crippen molar-refractivity contribution in [3.05, 3.63) is 12.2 Å². The van der Waals surface area contributed by atoms with Gasteiger partial charge in [0.1, 0.15) is 60.2 Å². The van der Waals surface area contributed by atoms with Gasteiger partial charge in [-0.2, -0.15) is 0 Å². The van der Waals surface area contributed by atoms with Gasteiger partial charge in [-0.15, -0.1) is 0 Å². The molecule has 616 valence electrons. The first-order valence-corrected chi connectivity index (χ1v) is 38.5. The molecule has 0 saturated carbocycles. The Kier molecular flexibility index (Phi) is 32.3. The van der Waals surface area contributed by atoms with Gasteiger partial charge in [0.15, 0.2) is 25.2 Å². The van der Waals surface area contributed by atoms with Crippen molar-refractivity contribution in [2.24, 2.45) is 52.5 Å². The molecule has 0 radical (unpaired) electrons. The van der Waals surface area contributed by atoms with E-state index in [-0.39, 0.29) is 63.5 Å². The minimum atomic E-state index is -2.10.